The van der Waals surface area contributed by atoms with Gasteiger partial charge in [0.2, 0.25) is 11.8 Å². The summed E-state index contributed by atoms with van der Waals surface area (Å²) >= 11 is 0. The van der Waals surface area contributed by atoms with Gasteiger partial charge in [-0.2, -0.15) is 0 Å². The molecule has 172 valence electrons. The van der Waals surface area contributed by atoms with Crippen molar-refractivity contribution < 1.29 is 23.9 Å². The molecule has 8 nitrogen and oxygen atoms in total. The highest BCUT2D eigenvalue weighted by Crippen LogP contribution is 2.26. The maximum Gasteiger partial charge on any atom is 0.410 e. The van der Waals surface area contributed by atoms with Crippen LogP contribution in [0.5, 0.6) is 0 Å². The molecule has 2 aliphatic heterocycles. The van der Waals surface area contributed by atoms with E-state index >= 15 is 0 Å². The molecule has 3 rings (SSSR count). The molecule has 0 saturated carbocycles. The molecule has 1 aromatic rings. The number of hydrogen-bond acceptors (Lipinski definition) is 6. The fraction of sp³-hybridized carbons (Fsp3) is 0.500. The summed E-state index contributed by atoms with van der Waals surface area (Å²) < 4.78 is 5.44. The summed E-state index contributed by atoms with van der Waals surface area (Å²) in [5.41, 5.74) is 2.95. The Morgan fingerprint density at radius 3 is 2.62 bits per heavy atom. The van der Waals surface area contributed by atoms with Crippen LogP contribution in [0, 0.1) is 0 Å². The Balaban J connectivity index is 1.72. The van der Waals surface area contributed by atoms with E-state index in [9.17, 15) is 19.2 Å². The Morgan fingerprint density at radius 1 is 1.28 bits per heavy atom. The highest BCUT2D eigenvalue weighted by atomic mass is 16.6. The highest BCUT2D eigenvalue weighted by Gasteiger charge is 2.30. The van der Waals surface area contributed by atoms with Crippen molar-refractivity contribution in [1.82, 2.24) is 15.1 Å². The van der Waals surface area contributed by atoms with Crippen molar-refractivity contribution in [3.63, 3.8) is 0 Å². The molecule has 0 aliphatic carbocycles. The molecule has 0 bridgehead atoms. The van der Waals surface area contributed by atoms with Gasteiger partial charge in [0, 0.05) is 31.6 Å². The number of benzene rings is 1. The molecule has 2 heterocycles. The standard InChI is InChI=1S/C24H31N3O5/c1-24(2,3)32-23(31)27-11-9-16(10-12-27)17-5-6-18(15-28)19(13-17)14-26(4)20-7-8-21(29)25-22(20)30/h5-6,9,13,15,20H,7-8,10-12,14H2,1-4H3,(H,25,29,30). The number of ether oxygens (including phenoxy) is 1. The number of aldehydes is 1. The number of imide groups is 1. The topological polar surface area (TPSA) is 96.0 Å². The first kappa shape index (κ1) is 23.7. The van der Waals surface area contributed by atoms with Crippen LogP contribution in [0.2, 0.25) is 0 Å². The zero-order valence-electron chi connectivity index (χ0n) is 19.1. The van der Waals surface area contributed by atoms with E-state index in [4.69, 9.17) is 4.74 Å². The summed E-state index contributed by atoms with van der Waals surface area (Å²) in [4.78, 5) is 51.0. The molecule has 1 unspecified atom stereocenters. The lowest BCUT2D eigenvalue weighted by Crippen LogP contribution is -2.51. The van der Waals surface area contributed by atoms with E-state index in [1.165, 1.54) is 0 Å². The van der Waals surface area contributed by atoms with E-state index < -0.39 is 11.6 Å². The van der Waals surface area contributed by atoms with E-state index in [0.29, 0.717) is 44.5 Å². The van der Waals surface area contributed by atoms with E-state index in [2.05, 4.69) is 5.32 Å². The second-order valence-corrected chi connectivity index (χ2v) is 9.32. The van der Waals surface area contributed by atoms with E-state index in [1.807, 2.05) is 50.9 Å². The fourth-order valence-electron chi connectivity index (χ4n) is 3.96. The van der Waals surface area contributed by atoms with Crippen LogP contribution < -0.4 is 5.32 Å². The normalized spacial score (nSPS) is 19.5. The van der Waals surface area contributed by atoms with E-state index in [-0.39, 0.29) is 17.9 Å². The zero-order valence-corrected chi connectivity index (χ0v) is 19.1. The van der Waals surface area contributed by atoms with Crippen LogP contribution in [0.15, 0.2) is 24.3 Å². The van der Waals surface area contributed by atoms with Gasteiger partial charge in [-0.3, -0.25) is 24.6 Å². The maximum absolute atomic E-state index is 12.3. The van der Waals surface area contributed by atoms with Crippen LogP contribution in [0.1, 0.15) is 61.5 Å². The first-order valence-corrected chi connectivity index (χ1v) is 10.9. The van der Waals surface area contributed by atoms with Gasteiger partial charge in [0.15, 0.2) is 0 Å². The van der Waals surface area contributed by atoms with E-state index in [1.54, 1.807) is 11.0 Å². The molecule has 1 aromatic carbocycles. The lowest BCUT2D eigenvalue weighted by atomic mass is 9.95. The number of piperidine rings is 1. The summed E-state index contributed by atoms with van der Waals surface area (Å²) in [5, 5.41) is 2.37. The van der Waals surface area contributed by atoms with Gasteiger partial charge in [0.25, 0.3) is 0 Å². The Labute approximate surface area is 188 Å². The first-order valence-electron chi connectivity index (χ1n) is 10.9. The average Bonchev–Trinajstić information content (AvgIpc) is 2.72. The molecule has 0 spiro atoms. The van der Waals surface area contributed by atoms with Gasteiger partial charge in [-0.25, -0.2) is 4.79 Å². The van der Waals surface area contributed by atoms with Gasteiger partial charge in [-0.15, -0.1) is 0 Å². The second-order valence-electron chi connectivity index (χ2n) is 9.32. The molecule has 1 saturated heterocycles. The summed E-state index contributed by atoms with van der Waals surface area (Å²) in [6, 6.07) is 5.26. The number of nitrogens with one attached hydrogen (secondary N) is 1. The molecule has 3 amide bonds. The van der Waals surface area contributed by atoms with Crippen LogP contribution in [0.25, 0.3) is 5.57 Å². The van der Waals surface area contributed by atoms with Gasteiger partial charge in [0.05, 0.1) is 6.04 Å². The van der Waals surface area contributed by atoms with Gasteiger partial charge < -0.3 is 9.64 Å². The van der Waals surface area contributed by atoms with Crippen LogP contribution >= 0.6 is 0 Å². The van der Waals surface area contributed by atoms with Crippen molar-refractivity contribution in [2.45, 2.75) is 58.2 Å². The van der Waals surface area contributed by atoms with Crippen LogP contribution in [0.3, 0.4) is 0 Å². The van der Waals surface area contributed by atoms with Crippen molar-refractivity contribution in [3.8, 4) is 0 Å². The van der Waals surface area contributed by atoms with Crippen molar-refractivity contribution in [2.24, 2.45) is 0 Å². The largest absolute Gasteiger partial charge is 0.444 e. The third-order valence-corrected chi connectivity index (χ3v) is 5.66. The summed E-state index contributed by atoms with van der Waals surface area (Å²) in [7, 11) is 1.82. The van der Waals surface area contributed by atoms with Gasteiger partial charge in [-0.1, -0.05) is 18.2 Å². The quantitative estimate of drug-likeness (QED) is 0.558. The number of carbonyl (C=O) groups is 4. The molecule has 8 heteroatoms. The molecule has 0 radical (unpaired) electrons. The monoisotopic (exact) mass is 441 g/mol. The van der Waals surface area contributed by atoms with Crippen molar-refractivity contribution in [1.29, 1.82) is 0 Å². The number of nitrogens with zero attached hydrogens (tertiary/aromatic N) is 2. The minimum atomic E-state index is -0.533. The molecule has 1 fully saturated rings. The number of hydrogen-bond donors (Lipinski definition) is 1. The Bertz CT molecular complexity index is 947. The minimum absolute atomic E-state index is 0.250. The van der Waals surface area contributed by atoms with Crippen molar-refractivity contribution >= 4 is 29.8 Å². The van der Waals surface area contributed by atoms with Crippen LogP contribution in [-0.4, -0.2) is 65.8 Å². The van der Waals surface area contributed by atoms with Crippen LogP contribution in [-0.2, 0) is 20.9 Å². The van der Waals surface area contributed by atoms with Crippen molar-refractivity contribution in [3.05, 3.63) is 41.0 Å². The summed E-state index contributed by atoms with van der Waals surface area (Å²) in [5.74, 6) is -0.551. The lowest BCUT2D eigenvalue weighted by Gasteiger charge is -2.31. The van der Waals surface area contributed by atoms with Crippen LogP contribution in [0.4, 0.5) is 4.79 Å². The molecular formula is C24H31N3O5. The average molecular weight is 442 g/mol. The minimum Gasteiger partial charge on any atom is -0.444 e. The number of carbonyl (C=O) groups excluding carboxylic acids is 4. The van der Waals surface area contributed by atoms with Gasteiger partial charge >= 0.3 is 6.09 Å². The molecule has 32 heavy (non-hydrogen) atoms. The second kappa shape index (κ2) is 9.65. The summed E-state index contributed by atoms with van der Waals surface area (Å²) in [6.07, 6.45) is 3.96. The maximum atomic E-state index is 12.3. The molecular weight excluding hydrogens is 410 g/mol. The Kier molecular flexibility index (Phi) is 7.13. The van der Waals surface area contributed by atoms with Gasteiger partial charge in [0.1, 0.15) is 11.9 Å². The lowest BCUT2D eigenvalue weighted by molar-refractivity contribution is -0.137. The predicted molar refractivity (Wildman–Crippen MR) is 120 cm³/mol. The van der Waals surface area contributed by atoms with Crippen molar-refractivity contribution in [2.75, 3.05) is 20.1 Å². The molecule has 1 atom stereocenters. The third kappa shape index (κ3) is 5.82. The number of amides is 3. The Hall–Kier alpha value is -3.00. The fourth-order valence-corrected chi connectivity index (χ4v) is 3.96. The predicted octanol–water partition coefficient (Wildman–Crippen LogP) is 2.76. The number of likely N-dealkylation sites (N-methyl/N-ethyl adjacent to an activating group) is 1. The summed E-state index contributed by atoms with van der Waals surface area (Å²) in [6.45, 7) is 6.96. The van der Waals surface area contributed by atoms with E-state index in [0.717, 1.165) is 23.0 Å². The molecule has 2 aliphatic rings. The SMILES string of the molecule is CN(Cc1cc(C2=CCN(C(=O)OC(C)(C)C)CC2)ccc1C=O)C1CCC(=O)NC1=O. The first-order chi connectivity index (χ1) is 15.1. The Morgan fingerprint density at radius 2 is 2.03 bits per heavy atom. The molecule has 0 aromatic heterocycles. The number of rotatable bonds is 5. The molecule has 1 N–H and O–H groups in total. The third-order valence-electron chi connectivity index (χ3n) is 5.66. The van der Waals surface area contributed by atoms with Gasteiger partial charge in [-0.05, 0) is 63.4 Å². The smallest absolute Gasteiger partial charge is 0.410 e. The highest BCUT2D eigenvalue weighted by molar-refractivity contribution is 6.00. The zero-order chi connectivity index (χ0) is 23.5.